The number of benzene rings is 5. The molecule has 212 valence electrons. The average molecular weight is 584 g/mol. The lowest BCUT2D eigenvalue weighted by molar-refractivity contribution is 0.00578. The zero-order valence-corrected chi connectivity index (χ0v) is 25.3. The van der Waals surface area contributed by atoms with E-state index in [9.17, 15) is 8.42 Å². The van der Waals surface area contributed by atoms with E-state index in [0.717, 1.165) is 44.2 Å². The lowest BCUT2D eigenvalue weighted by Gasteiger charge is -2.32. The van der Waals surface area contributed by atoms with Crippen molar-refractivity contribution in [2.75, 3.05) is 0 Å². The van der Waals surface area contributed by atoms with Gasteiger partial charge in [0.2, 0.25) is 9.84 Å². The first-order valence-corrected chi connectivity index (χ1v) is 16.0. The van der Waals surface area contributed by atoms with Gasteiger partial charge in [-0.25, -0.2) is 8.42 Å². The van der Waals surface area contributed by atoms with Gasteiger partial charge in [-0.05, 0) is 86.7 Å². The van der Waals surface area contributed by atoms with Gasteiger partial charge in [0.05, 0.1) is 32.0 Å². The number of nitrogens with zero attached hydrogens (tertiary/aromatic N) is 1. The molecule has 5 aromatic carbocycles. The third-order valence-electron chi connectivity index (χ3n) is 9.40. The van der Waals surface area contributed by atoms with Gasteiger partial charge < -0.3 is 13.9 Å². The van der Waals surface area contributed by atoms with Crippen LogP contribution in [0.4, 0.5) is 0 Å². The Kier molecular flexibility index (Phi) is 5.49. The number of hydrogen-bond donors (Lipinski definition) is 0. The van der Waals surface area contributed by atoms with E-state index < -0.39 is 28.2 Å². The Hall–Kier alpha value is -4.17. The molecule has 1 saturated heterocycles. The normalized spacial score (nSPS) is 17.8. The van der Waals surface area contributed by atoms with Crippen LogP contribution in [0.3, 0.4) is 0 Å². The van der Waals surface area contributed by atoms with E-state index in [1.807, 2.05) is 76.2 Å². The number of aromatic nitrogens is 1. The molecule has 0 unspecified atom stereocenters. The Morgan fingerprint density at radius 2 is 1.19 bits per heavy atom. The highest BCUT2D eigenvalue weighted by atomic mass is 32.2. The van der Waals surface area contributed by atoms with E-state index in [0.29, 0.717) is 20.8 Å². The molecule has 5 nitrogen and oxygen atoms in total. The second-order valence-corrected chi connectivity index (χ2v) is 14.4. The number of sulfone groups is 1. The van der Waals surface area contributed by atoms with Gasteiger partial charge in [-0.3, -0.25) is 0 Å². The van der Waals surface area contributed by atoms with E-state index in [4.69, 9.17) is 9.31 Å². The molecule has 0 amide bonds. The second-order valence-electron chi connectivity index (χ2n) is 12.5. The molecular weight excluding hydrogens is 553 g/mol. The van der Waals surface area contributed by atoms with Crippen molar-refractivity contribution in [2.45, 2.75) is 48.7 Å². The minimum Gasteiger partial charge on any atom is -0.399 e. The number of para-hydroxylation sites is 2. The van der Waals surface area contributed by atoms with Crippen molar-refractivity contribution in [3.05, 3.63) is 109 Å². The van der Waals surface area contributed by atoms with Crippen molar-refractivity contribution in [3.8, 4) is 27.9 Å². The second kappa shape index (κ2) is 8.93. The predicted molar refractivity (Wildman–Crippen MR) is 173 cm³/mol. The van der Waals surface area contributed by atoms with E-state index in [2.05, 4.69) is 59.2 Å². The smallest absolute Gasteiger partial charge is 0.399 e. The van der Waals surface area contributed by atoms with E-state index in [1.54, 1.807) is 6.07 Å². The Balaban J connectivity index is 1.21. The highest BCUT2D eigenvalue weighted by Crippen LogP contribution is 2.45. The number of hydrogen-bond acceptors (Lipinski definition) is 4. The molecule has 2 aliphatic heterocycles. The first-order valence-electron chi connectivity index (χ1n) is 14.5. The molecule has 0 radical (unpaired) electrons. The lowest BCUT2D eigenvalue weighted by Crippen LogP contribution is -2.41. The van der Waals surface area contributed by atoms with Crippen molar-refractivity contribution in [1.29, 1.82) is 0 Å². The quantitative estimate of drug-likeness (QED) is 0.202. The number of rotatable bonds is 3. The van der Waals surface area contributed by atoms with Gasteiger partial charge in [-0.2, -0.15) is 0 Å². The van der Waals surface area contributed by atoms with Gasteiger partial charge in [0, 0.05) is 27.6 Å². The lowest BCUT2D eigenvalue weighted by atomic mass is 9.78. The maximum atomic E-state index is 13.9. The van der Waals surface area contributed by atoms with Crippen LogP contribution < -0.4 is 5.46 Å². The summed E-state index contributed by atoms with van der Waals surface area (Å²) in [6, 6.07) is 36.4. The zero-order chi connectivity index (χ0) is 29.7. The van der Waals surface area contributed by atoms with Crippen LogP contribution in [-0.4, -0.2) is 31.3 Å². The molecule has 3 heterocycles. The highest BCUT2D eigenvalue weighted by Gasteiger charge is 2.52. The van der Waals surface area contributed by atoms with Gasteiger partial charge in [-0.1, -0.05) is 66.7 Å². The summed E-state index contributed by atoms with van der Waals surface area (Å²) in [7, 11) is -4.36. The summed E-state index contributed by atoms with van der Waals surface area (Å²) in [4.78, 5) is 0.631. The maximum Gasteiger partial charge on any atom is 0.494 e. The topological polar surface area (TPSA) is 57.5 Å². The van der Waals surface area contributed by atoms with Crippen molar-refractivity contribution < 1.29 is 17.7 Å². The van der Waals surface area contributed by atoms with Crippen LogP contribution in [-0.2, 0) is 19.1 Å². The summed E-state index contributed by atoms with van der Waals surface area (Å²) in [6.07, 6.45) is 0. The molecule has 0 spiro atoms. The Morgan fingerprint density at radius 3 is 1.93 bits per heavy atom. The van der Waals surface area contributed by atoms with Crippen LogP contribution in [0.5, 0.6) is 0 Å². The minimum atomic E-state index is -3.73. The zero-order valence-electron chi connectivity index (χ0n) is 24.5. The Bertz CT molecular complexity index is 2200. The van der Waals surface area contributed by atoms with Crippen LogP contribution >= 0.6 is 0 Å². The van der Waals surface area contributed by atoms with Gasteiger partial charge in [0.25, 0.3) is 0 Å². The molecule has 6 aromatic rings. The van der Waals surface area contributed by atoms with Crippen molar-refractivity contribution in [2.24, 2.45) is 0 Å². The summed E-state index contributed by atoms with van der Waals surface area (Å²) in [6.45, 7) is 7.97. The van der Waals surface area contributed by atoms with Crippen LogP contribution in [0, 0.1) is 0 Å². The summed E-state index contributed by atoms with van der Waals surface area (Å²) in [5.74, 6) is 0. The molecule has 1 fully saturated rings. The fourth-order valence-electron chi connectivity index (χ4n) is 6.38. The molecule has 1 aromatic heterocycles. The van der Waals surface area contributed by atoms with Gasteiger partial charge in [-0.15, -0.1) is 0 Å². The molecular formula is C36H30BNO4S. The highest BCUT2D eigenvalue weighted by molar-refractivity contribution is 7.92. The van der Waals surface area contributed by atoms with E-state index in [1.165, 1.54) is 0 Å². The third-order valence-corrected chi connectivity index (χ3v) is 11.2. The van der Waals surface area contributed by atoms with E-state index in [-0.39, 0.29) is 0 Å². The molecule has 43 heavy (non-hydrogen) atoms. The Morgan fingerprint density at radius 1 is 0.605 bits per heavy atom. The first-order chi connectivity index (χ1) is 20.5. The molecule has 0 aliphatic carbocycles. The summed E-state index contributed by atoms with van der Waals surface area (Å²) in [5, 5.41) is 2.27. The van der Waals surface area contributed by atoms with Gasteiger partial charge in [0.1, 0.15) is 0 Å². The third kappa shape index (κ3) is 3.82. The molecule has 0 atom stereocenters. The van der Waals surface area contributed by atoms with Crippen LogP contribution in [0.2, 0.25) is 0 Å². The van der Waals surface area contributed by atoms with Gasteiger partial charge >= 0.3 is 7.12 Å². The number of fused-ring (bicyclic) bond motifs is 6. The molecule has 8 rings (SSSR count). The van der Waals surface area contributed by atoms with Gasteiger partial charge in [0.15, 0.2) is 0 Å². The fraction of sp³-hybridized carbons (Fsp3) is 0.167. The van der Waals surface area contributed by atoms with Crippen LogP contribution in [0.1, 0.15) is 27.7 Å². The van der Waals surface area contributed by atoms with Crippen LogP contribution in [0.25, 0.3) is 49.7 Å². The SMILES string of the molecule is CC1(C)OB(c2ccc3c(c2)S(=O)(=O)c2cc(-c4ccc5c(c4)c4ccccc4n5-c4ccccc4)ccc2-3)OC1(C)C. The molecule has 0 bridgehead atoms. The van der Waals surface area contributed by atoms with E-state index >= 15 is 0 Å². The molecule has 7 heteroatoms. The summed E-state index contributed by atoms with van der Waals surface area (Å²) >= 11 is 0. The average Bonchev–Trinajstić information content (AvgIpc) is 3.54. The first kappa shape index (κ1) is 26.5. The standard InChI is InChI=1S/C36H30BNO4S/c1-35(2)36(3,4)42-37(41-35)25-16-18-29-28-17-14-24(21-33(28)43(39,40)34(29)22-25)23-15-19-32-30(20-23)27-12-8-9-13-31(27)38(32)26-10-6-5-7-11-26/h5-22H,1-4H3. The predicted octanol–water partition coefficient (Wildman–Crippen LogP) is 7.56. The van der Waals surface area contributed by atoms with Crippen LogP contribution in [0.15, 0.2) is 119 Å². The monoisotopic (exact) mass is 583 g/mol. The maximum absolute atomic E-state index is 13.9. The fourth-order valence-corrected chi connectivity index (χ4v) is 8.13. The summed E-state index contributed by atoms with van der Waals surface area (Å²) < 4.78 is 42.6. The molecule has 2 aliphatic rings. The molecule has 0 N–H and O–H groups in total. The van der Waals surface area contributed by atoms with Crippen molar-refractivity contribution in [3.63, 3.8) is 0 Å². The molecule has 0 saturated carbocycles. The van der Waals surface area contributed by atoms with Crippen molar-refractivity contribution in [1.82, 2.24) is 4.57 Å². The minimum absolute atomic E-state index is 0.299. The summed E-state index contributed by atoms with van der Waals surface area (Å²) in [5.41, 5.74) is 6.28. The largest absolute Gasteiger partial charge is 0.494 e. The van der Waals surface area contributed by atoms with Crippen molar-refractivity contribution >= 4 is 44.2 Å². The Labute approximate surface area is 251 Å².